The first-order valence-corrected chi connectivity index (χ1v) is 9.93. The van der Waals surface area contributed by atoms with Crippen LogP contribution < -0.4 is 15.4 Å². The third-order valence-corrected chi connectivity index (χ3v) is 4.98. The molecule has 0 aliphatic carbocycles. The Labute approximate surface area is 183 Å². The number of thiophene rings is 1. The van der Waals surface area contributed by atoms with Gasteiger partial charge in [0.15, 0.2) is 5.96 Å². The van der Waals surface area contributed by atoms with Gasteiger partial charge in [-0.05, 0) is 56.3 Å². The maximum absolute atomic E-state index is 10.6. The van der Waals surface area contributed by atoms with Crippen molar-refractivity contribution < 1.29 is 9.84 Å². The number of halogens is 1. The molecule has 5 nitrogen and oxygen atoms in total. The average molecular weight is 503 g/mol. The lowest BCUT2D eigenvalue weighted by Crippen LogP contribution is -2.39. The van der Waals surface area contributed by atoms with Crippen molar-refractivity contribution in [2.75, 3.05) is 26.2 Å². The van der Waals surface area contributed by atoms with Crippen LogP contribution in [0.2, 0.25) is 0 Å². The molecule has 1 heterocycles. The molecule has 7 heteroatoms. The molecule has 0 spiro atoms. The molecule has 3 N–H and O–H groups in total. The average Bonchev–Trinajstić information content (AvgIpc) is 3.16. The molecule has 0 aliphatic rings. The van der Waals surface area contributed by atoms with E-state index >= 15 is 0 Å². The van der Waals surface area contributed by atoms with Crippen LogP contribution in [0.4, 0.5) is 0 Å². The molecule has 0 aliphatic heterocycles. The van der Waals surface area contributed by atoms with Crippen LogP contribution in [-0.4, -0.2) is 37.3 Å². The Morgan fingerprint density at radius 1 is 1.22 bits per heavy atom. The second-order valence-corrected chi connectivity index (χ2v) is 7.15. The number of benzene rings is 1. The summed E-state index contributed by atoms with van der Waals surface area (Å²) in [4.78, 5) is 5.47. The first-order valence-electron chi connectivity index (χ1n) is 9.05. The number of aliphatic hydroxyl groups is 1. The van der Waals surface area contributed by atoms with Gasteiger partial charge in [-0.2, -0.15) is 0 Å². The number of hydrogen-bond acceptors (Lipinski definition) is 4. The molecular formula is C20H30IN3O2S. The minimum Gasteiger partial charge on any atom is -0.494 e. The number of ether oxygens (including phenoxy) is 1. The van der Waals surface area contributed by atoms with Gasteiger partial charge in [0.1, 0.15) is 11.4 Å². The number of rotatable bonds is 9. The van der Waals surface area contributed by atoms with Crippen LogP contribution in [0.5, 0.6) is 5.75 Å². The lowest BCUT2D eigenvalue weighted by atomic mass is 10.1. The number of guanidine groups is 1. The lowest BCUT2D eigenvalue weighted by molar-refractivity contribution is 0.0711. The van der Waals surface area contributed by atoms with Gasteiger partial charge in [-0.1, -0.05) is 18.2 Å². The number of nitrogens with zero attached hydrogens (tertiary/aromatic N) is 1. The predicted octanol–water partition coefficient (Wildman–Crippen LogP) is 3.77. The molecule has 1 atom stereocenters. The van der Waals surface area contributed by atoms with E-state index in [1.54, 1.807) is 18.3 Å². The largest absolute Gasteiger partial charge is 0.494 e. The number of aliphatic imine (C=N–C) groups is 1. The fourth-order valence-electron chi connectivity index (χ4n) is 2.52. The van der Waals surface area contributed by atoms with E-state index in [0.717, 1.165) is 30.1 Å². The van der Waals surface area contributed by atoms with Crippen molar-refractivity contribution in [2.24, 2.45) is 4.99 Å². The predicted molar refractivity (Wildman–Crippen MR) is 125 cm³/mol. The Kier molecular flexibility index (Phi) is 10.7. The molecule has 27 heavy (non-hydrogen) atoms. The highest BCUT2D eigenvalue weighted by molar-refractivity contribution is 14.0. The molecule has 150 valence electrons. The van der Waals surface area contributed by atoms with Gasteiger partial charge in [0.05, 0.1) is 13.2 Å². The maximum atomic E-state index is 10.6. The highest BCUT2D eigenvalue weighted by atomic mass is 127. The fraction of sp³-hybridized carbons (Fsp3) is 0.450. The van der Waals surface area contributed by atoms with E-state index in [9.17, 15) is 5.11 Å². The van der Waals surface area contributed by atoms with E-state index in [1.807, 2.05) is 43.5 Å². The summed E-state index contributed by atoms with van der Waals surface area (Å²) in [6.45, 7) is 8.31. The third kappa shape index (κ3) is 8.06. The summed E-state index contributed by atoms with van der Waals surface area (Å²) in [5.41, 5.74) is 0.257. The molecule has 1 unspecified atom stereocenters. The Hall–Kier alpha value is -1.32. The summed E-state index contributed by atoms with van der Waals surface area (Å²) >= 11 is 1.54. The van der Waals surface area contributed by atoms with E-state index in [-0.39, 0.29) is 24.0 Å². The topological polar surface area (TPSA) is 65.9 Å². The number of nitrogens with one attached hydrogen (secondary N) is 2. The molecule has 0 amide bonds. The molecule has 0 bridgehead atoms. The molecule has 1 aromatic carbocycles. The van der Waals surface area contributed by atoms with E-state index in [4.69, 9.17) is 4.74 Å². The van der Waals surface area contributed by atoms with Gasteiger partial charge in [0, 0.05) is 18.0 Å². The van der Waals surface area contributed by atoms with Crippen LogP contribution in [0, 0.1) is 0 Å². The Bertz CT molecular complexity index is 690. The Balaban J connectivity index is 0.00000364. The summed E-state index contributed by atoms with van der Waals surface area (Å²) < 4.78 is 5.54. The minimum absolute atomic E-state index is 0. The summed E-state index contributed by atoms with van der Waals surface area (Å²) in [7, 11) is 0. The van der Waals surface area contributed by atoms with Crippen LogP contribution in [0.25, 0.3) is 0 Å². The van der Waals surface area contributed by atoms with Crippen molar-refractivity contribution in [3.05, 3.63) is 52.2 Å². The van der Waals surface area contributed by atoms with Gasteiger partial charge < -0.3 is 20.5 Å². The molecule has 0 fully saturated rings. The SMILES string of the molecule is CCNC(=NCC(C)(O)c1cccs1)NCCc1cccc(OCC)c1.I. The van der Waals surface area contributed by atoms with Crippen LogP contribution >= 0.6 is 35.3 Å². The molecular weight excluding hydrogens is 473 g/mol. The standard InChI is InChI=1S/C20H29N3O2S.HI/c1-4-21-19(23-15-20(3,24)18-10-7-13-26-18)22-12-11-16-8-6-9-17(14-16)25-5-2;/h6-10,13-14,24H,4-5,11-12,15H2,1-3H3,(H2,21,22,23);1H. The first-order chi connectivity index (χ1) is 12.5. The number of hydrogen-bond donors (Lipinski definition) is 3. The normalized spacial score (nSPS) is 13.4. The molecule has 0 radical (unpaired) electrons. The highest BCUT2D eigenvalue weighted by Gasteiger charge is 2.23. The monoisotopic (exact) mass is 503 g/mol. The zero-order valence-electron chi connectivity index (χ0n) is 16.2. The molecule has 0 saturated heterocycles. The molecule has 2 rings (SSSR count). The van der Waals surface area contributed by atoms with Crippen LogP contribution in [0.1, 0.15) is 31.2 Å². The van der Waals surface area contributed by atoms with E-state index in [2.05, 4.69) is 27.8 Å². The summed E-state index contributed by atoms with van der Waals surface area (Å²) in [6.07, 6.45) is 0.868. The second-order valence-electron chi connectivity index (χ2n) is 6.20. The zero-order chi connectivity index (χ0) is 18.8. The lowest BCUT2D eigenvalue weighted by Gasteiger charge is -2.20. The van der Waals surface area contributed by atoms with E-state index < -0.39 is 5.60 Å². The smallest absolute Gasteiger partial charge is 0.191 e. The quantitative estimate of drug-likeness (QED) is 0.277. The van der Waals surface area contributed by atoms with Crippen molar-refractivity contribution in [3.63, 3.8) is 0 Å². The summed E-state index contributed by atoms with van der Waals surface area (Å²) in [5, 5.41) is 19.1. The van der Waals surface area contributed by atoms with Gasteiger partial charge in [0.25, 0.3) is 0 Å². The van der Waals surface area contributed by atoms with Gasteiger partial charge in [0.2, 0.25) is 0 Å². The van der Waals surface area contributed by atoms with Crippen molar-refractivity contribution >= 4 is 41.3 Å². The van der Waals surface area contributed by atoms with E-state index in [0.29, 0.717) is 19.1 Å². The molecule has 0 saturated carbocycles. The fourth-order valence-corrected chi connectivity index (χ4v) is 3.30. The van der Waals surface area contributed by atoms with Crippen LogP contribution in [0.3, 0.4) is 0 Å². The van der Waals surface area contributed by atoms with E-state index in [1.165, 1.54) is 5.56 Å². The Morgan fingerprint density at radius 3 is 2.70 bits per heavy atom. The van der Waals surface area contributed by atoms with Gasteiger partial charge in [-0.25, -0.2) is 4.99 Å². The Morgan fingerprint density at radius 2 is 2.04 bits per heavy atom. The zero-order valence-corrected chi connectivity index (χ0v) is 19.3. The molecule has 1 aromatic heterocycles. The van der Waals surface area contributed by atoms with Gasteiger partial charge in [-0.3, -0.25) is 0 Å². The minimum atomic E-state index is -0.956. The first kappa shape index (κ1) is 23.7. The summed E-state index contributed by atoms with van der Waals surface area (Å²) in [5.74, 6) is 1.61. The van der Waals surface area contributed by atoms with Gasteiger partial charge >= 0.3 is 0 Å². The third-order valence-electron chi connectivity index (χ3n) is 3.86. The second kappa shape index (κ2) is 12.2. The van der Waals surface area contributed by atoms with Gasteiger partial charge in [-0.15, -0.1) is 35.3 Å². The van der Waals surface area contributed by atoms with Crippen LogP contribution in [0.15, 0.2) is 46.8 Å². The maximum Gasteiger partial charge on any atom is 0.191 e. The molecule has 2 aromatic rings. The van der Waals surface area contributed by atoms with Crippen molar-refractivity contribution in [2.45, 2.75) is 32.8 Å². The highest BCUT2D eigenvalue weighted by Crippen LogP contribution is 2.25. The van der Waals surface area contributed by atoms with Crippen molar-refractivity contribution in [3.8, 4) is 5.75 Å². The summed E-state index contributed by atoms with van der Waals surface area (Å²) in [6, 6.07) is 12.0. The van der Waals surface area contributed by atoms with Crippen LogP contribution in [-0.2, 0) is 12.0 Å². The van der Waals surface area contributed by atoms with Crippen molar-refractivity contribution in [1.82, 2.24) is 10.6 Å². The van der Waals surface area contributed by atoms with Crippen molar-refractivity contribution in [1.29, 1.82) is 0 Å².